The SMILES string of the molecule is CCCCCCCCCC(=O)SC(C)CCCC. The fraction of sp³-hybridized carbons (Fsp3) is 0.938. The predicted octanol–water partition coefficient (Wildman–Crippen LogP) is 5.97. The van der Waals surface area contributed by atoms with Crippen molar-refractivity contribution in [2.45, 2.75) is 96.7 Å². The number of rotatable bonds is 12. The molecule has 0 rings (SSSR count). The van der Waals surface area contributed by atoms with Gasteiger partial charge in [0.15, 0.2) is 5.12 Å². The summed E-state index contributed by atoms with van der Waals surface area (Å²) in [5.74, 6) is 0. The van der Waals surface area contributed by atoms with Crippen molar-refractivity contribution in [3.8, 4) is 0 Å². The topological polar surface area (TPSA) is 17.1 Å². The summed E-state index contributed by atoms with van der Waals surface area (Å²) < 4.78 is 0. The van der Waals surface area contributed by atoms with Crippen molar-refractivity contribution in [3.05, 3.63) is 0 Å². The molecule has 0 heterocycles. The molecule has 0 saturated carbocycles. The molecule has 0 aliphatic carbocycles. The molecular weight excluding hydrogens is 240 g/mol. The van der Waals surface area contributed by atoms with Gasteiger partial charge in [-0.2, -0.15) is 0 Å². The molecule has 0 N–H and O–H groups in total. The van der Waals surface area contributed by atoms with E-state index in [1.54, 1.807) is 11.8 Å². The van der Waals surface area contributed by atoms with Crippen molar-refractivity contribution in [2.24, 2.45) is 0 Å². The van der Waals surface area contributed by atoms with Crippen LogP contribution in [-0.4, -0.2) is 10.4 Å². The Morgan fingerprint density at radius 3 is 2.06 bits per heavy atom. The minimum atomic E-state index is 0.409. The van der Waals surface area contributed by atoms with Crippen LogP contribution in [0.15, 0.2) is 0 Å². The van der Waals surface area contributed by atoms with E-state index in [2.05, 4.69) is 20.8 Å². The molecule has 0 amide bonds. The molecule has 0 radical (unpaired) electrons. The second-order valence-electron chi connectivity index (χ2n) is 5.31. The first-order valence-corrected chi connectivity index (χ1v) is 8.78. The molecule has 0 aromatic rings. The van der Waals surface area contributed by atoms with Gasteiger partial charge >= 0.3 is 0 Å². The monoisotopic (exact) mass is 272 g/mol. The molecule has 0 aliphatic rings. The Morgan fingerprint density at radius 1 is 0.889 bits per heavy atom. The molecule has 1 unspecified atom stereocenters. The zero-order valence-corrected chi connectivity index (χ0v) is 13.5. The number of carbonyl (C=O) groups is 1. The summed E-state index contributed by atoms with van der Waals surface area (Å²) in [4.78, 5) is 11.7. The zero-order chi connectivity index (χ0) is 13.6. The van der Waals surface area contributed by atoms with Gasteiger partial charge < -0.3 is 0 Å². The average Bonchev–Trinajstić information content (AvgIpc) is 2.35. The van der Waals surface area contributed by atoms with Crippen molar-refractivity contribution in [3.63, 3.8) is 0 Å². The summed E-state index contributed by atoms with van der Waals surface area (Å²) in [6, 6.07) is 0. The van der Waals surface area contributed by atoms with Crippen LogP contribution in [0.1, 0.15) is 91.4 Å². The second-order valence-corrected chi connectivity index (χ2v) is 6.81. The Balaban J connectivity index is 3.31. The van der Waals surface area contributed by atoms with E-state index in [0.29, 0.717) is 10.4 Å². The van der Waals surface area contributed by atoms with Crippen LogP contribution in [0.2, 0.25) is 0 Å². The van der Waals surface area contributed by atoms with E-state index in [1.807, 2.05) is 0 Å². The van der Waals surface area contributed by atoms with Crippen LogP contribution in [0.25, 0.3) is 0 Å². The third-order valence-corrected chi connectivity index (χ3v) is 4.39. The standard InChI is InChI=1S/C16H32OS/c1-4-6-8-9-10-11-12-14-16(17)18-15(3)13-7-5-2/h15H,4-14H2,1-3H3. The zero-order valence-electron chi connectivity index (χ0n) is 12.7. The van der Waals surface area contributed by atoms with E-state index in [0.717, 1.165) is 12.8 Å². The second kappa shape index (κ2) is 13.5. The molecule has 0 spiro atoms. The lowest BCUT2D eigenvalue weighted by molar-refractivity contribution is -0.111. The van der Waals surface area contributed by atoms with E-state index in [-0.39, 0.29) is 0 Å². The summed E-state index contributed by atoms with van der Waals surface area (Å²) in [7, 11) is 0. The maximum Gasteiger partial charge on any atom is 0.189 e. The minimum Gasteiger partial charge on any atom is -0.287 e. The summed E-state index contributed by atoms with van der Waals surface area (Å²) in [5, 5.41) is 0.925. The van der Waals surface area contributed by atoms with Gasteiger partial charge in [-0.3, -0.25) is 4.79 Å². The highest BCUT2D eigenvalue weighted by Gasteiger charge is 2.08. The minimum absolute atomic E-state index is 0.409. The smallest absolute Gasteiger partial charge is 0.189 e. The molecule has 0 aromatic carbocycles. The van der Waals surface area contributed by atoms with Crippen molar-refractivity contribution in [1.29, 1.82) is 0 Å². The van der Waals surface area contributed by atoms with Gasteiger partial charge in [0.25, 0.3) is 0 Å². The number of unbranched alkanes of at least 4 members (excludes halogenated alkanes) is 7. The lowest BCUT2D eigenvalue weighted by atomic mass is 10.1. The van der Waals surface area contributed by atoms with Crippen LogP contribution in [-0.2, 0) is 4.79 Å². The molecule has 0 aromatic heterocycles. The Morgan fingerprint density at radius 2 is 1.44 bits per heavy atom. The van der Waals surface area contributed by atoms with Crippen LogP contribution in [0.4, 0.5) is 0 Å². The van der Waals surface area contributed by atoms with E-state index in [4.69, 9.17) is 0 Å². The third-order valence-electron chi connectivity index (χ3n) is 3.28. The van der Waals surface area contributed by atoms with Crippen molar-refractivity contribution < 1.29 is 4.79 Å². The molecule has 0 saturated heterocycles. The fourth-order valence-electron chi connectivity index (χ4n) is 2.06. The van der Waals surface area contributed by atoms with Crippen LogP contribution in [0.5, 0.6) is 0 Å². The Kier molecular flexibility index (Phi) is 13.5. The predicted molar refractivity (Wildman–Crippen MR) is 84.2 cm³/mol. The average molecular weight is 272 g/mol. The first kappa shape index (κ1) is 18.0. The highest BCUT2D eigenvalue weighted by Crippen LogP contribution is 2.20. The molecule has 0 aliphatic heterocycles. The van der Waals surface area contributed by atoms with Gasteiger partial charge in [-0.1, -0.05) is 83.9 Å². The molecular formula is C16H32OS. The summed E-state index contributed by atoms with van der Waals surface area (Å²) >= 11 is 1.57. The van der Waals surface area contributed by atoms with E-state index >= 15 is 0 Å². The first-order valence-electron chi connectivity index (χ1n) is 7.90. The normalized spacial score (nSPS) is 12.6. The van der Waals surface area contributed by atoms with Gasteiger partial charge in [0.1, 0.15) is 0 Å². The quantitative estimate of drug-likeness (QED) is 0.407. The maximum absolute atomic E-state index is 11.7. The lowest BCUT2D eigenvalue weighted by Gasteiger charge is -2.08. The van der Waals surface area contributed by atoms with E-state index in [1.165, 1.54) is 57.8 Å². The maximum atomic E-state index is 11.7. The molecule has 1 atom stereocenters. The summed E-state index contributed by atoms with van der Waals surface area (Å²) in [6.07, 6.45) is 13.5. The van der Waals surface area contributed by atoms with Gasteiger partial charge in [0.05, 0.1) is 0 Å². The van der Waals surface area contributed by atoms with Crippen LogP contribution >= 0.6 is 11.8 Å². The number of hydrogen-bond donors (Lipinski definition) is 0. The van der Waals surface area contributed by atoms with Gasteiger partial charge in [-0.25, -0.2) is 0 Å². The number of carbonyl (C=O) groups excluding carboxylic acids is 1. The van der Waals surface area contributed by atoms with Crippen molar-refractivity contribution in [1.82, 2.24) is 0 Å². The molecule has 18 heavy (non-hydrogen) atoms. The highest BCUT2D eigenvalue weighted by molar-refractivity contribution is 8.14. The molecule has 0 bridgehead atoms. The van der Waals surface area contributed by atoms with Gasteiger partial charge in [-0.15, -0.1) is 0 Å². The summed E-state index contributed by atoms with van der Waals surface area (Å²) in [5.41, 5.74) is 0. The van der Waals surface area contributed by atoms with E-state index < -0.39 is 0 Å². The van der Waals surface area contributed by atoms with Gasteiger partial charge in [0, 0.05) is 11.7 Å². The molecule has 0 fully saturated rings. The van der Waals surface area contributed by atoms with Crippen LogP contribution < -0.4 is 0 Å². The molecule has 2 heteroatoms. The lowest BCUT2D eigenvalue weighted by Crippen LogP contribution is -2.02. The Labute approximate surface area is 118 Å². The fourth-order valence-corrected chi connectivity index (χ4v) is 3.06. The largest absolute Gasteiger partial charge is 0.287 e. The number of thioether (sulfide) groups is 1. The molecule has 108 valence electrons. The summed E-state index contributed by atoms with van der Waals surface area (Å²) in [6.45, 7) is 6.64. The first-order chi connectivity index (χ1) is 8.70. The van der Waals surface area contributed by atoms with Crippen LogP contribution in [0, 0.1) is 0 Å². The third kappa shape index (κ3) is 12.5. The van der Waals surface area contributed by atoms with Gasteiger partial charge in [-0.05, 0) is 12.8 Å². The molecule has 1 nitrogen and oxygen atoms in total. The van der Waals surface area contributed by atoms with Crippen molar-refractivity contribution in [2.75, 3.05) is 0 Å². The number of hydrogen-bond acceptors (Lipinski definition) is 2. The highest BCUT2D eigenvalue weighted by atomic mass is 32.2. The van der Waals surface area contributed by atoms with Crippen molar-refractivity contribution >= 4 is 16.9 Å². The van der Waals surface area contributed by atoms with Crippen LogP contribution in [0.3, 0.4) is 0 Å². The Hall–Kier alpha value is 0.0200. The Bertz CT molecular complexity index is 192. The van der Waals surface area contributed by atoms with E-state index in [9.17, 15) is 4.79 Å². The van der Waals surface area contributed by atoms with Gasteiger partial charge in [0.2, 0.25) is 0 Å².